The first-order chi connectivity index (χ1) is 6.47. The minimum Gasteiger partial charge on any atom is -0.383 e. The van der Waals surface area contributed by atoms with Crippen molar-refractivity contribution in [1.82, 2.24) is 0 Å². The first-order valence-electron chi connectivity index (χ1n) is 4.14. The molecule has 1 aromatic carbocycles. The third-order valence-electron chi connectivity index (χ3n) is 1.93. The maximum atomic E-state index is 13.4. The summed E-state index contributed by atoms with van der Waals surface area (Å²) in [5.41, 5.74) is -1.07. The monoisotopic (exact) mass is 262 g/mol. The Labute approximate surface area is 90.8 Å². The summed E-state index contributed by atoms with van der Waals surface area (Å²) in [6, 6.07) is 4.44. The van der Waals surface area contributed by atoms with Gasteiger partial charge in [-0.2, -0.15) is 0 Å². The summed E-state index contributed by atoms with van der Waals surface area (Å²) in [5.74, 6) is -0.435. The number of halogens is 2. The van der Waals surface area contributed by atoms with Gasteiger partial charge in [-0.3, -0.25) is 0 Å². The predicted molar refractivity (Wildman–Crippen MR) is 55.5 cm³/mol. The molecule has 0 aliphatic rings. The first kappa shape index (κ1) is 11.6. The molecule has 0 spiro atoms. The first-order valence-corrected chi connectivity index (χ1v) is 4.93. The van der Waals surface area contributed by atoms with Crippen molar-refractivity contribution < 1.29 is 14.2 Å². The average Bonchev–Trinajstić information content (AvgIpc) is 2.09. The van der Waals surface area contributed by atoms with Gasteiger partial charge in [0.15, 0.2) is 0 Å². The van der Waals surface area contributed by atoms with E-state index in [1.165, 1.54) is 20.1 Å². The lowest BCUT2D eigenvalue weighted by atomic mass is 9.96. The summed E-state index contributed by atoms with van der Waals surface area (Å²) in [6.07, 6.45) is 0. The normalized spacial score (nSPS) is 15.2. The Morgan fingerprint density at radius 1 is 1.57 bits per heavy atom. The molecule has 0 aromatic heterocycles. The van der Waals surface area contributed by atoms with Gasteiger partial charge in [0.05, 0.1) is 6.61 Å². The molecule has 0 saturated heterocycles. The molecule has 0 amide bonds. The van der Waals surface area contributed by atoms with E-state index in [0.717, 1.165) is 4.47 Å². The zero-order valence-corrected chi connectivity index (χ0v) is 9.64. The van der Waals surface area contributed by atoms with E-state index in [1.807, 2.05) is 0 Å². The lowest BCUT2D eigenvalue weighted by Crippen LogP contribution is -2.28. The molecule has 14 heavy (non-hydrogen) atoms. The number of hydrogen-bond donors (Lipinski definition) is 1. The van der Waals surface area contributed by atoms with Crippen LogP contribution in [0.2, 0.25) is 0 Å². The molecule has 0 aliphatic carbocycles. The van der Waals surface area contributed by atoms with Crippen molar-refractivity contribution in [2.45, 2.75) is 12.5 Å². The molecule has 0 aliphatic heterocycles. The van der Waals surface area contributed by atoms with Gasteiger partial charge in [-0.15, -0.1) is 0 Å². The summed E-state index contributed by atoms with van der Waals surface area (Å²) in [5, 5.41) is 9.91. The molecule has 0 radical (unpaired) electrons. The average molecular weight is 263 g/mol. The van der Waals surface area contributed by atoms with Gasteiger partial charge in [-0.05, 0) is 25.1 Å². The van der Waals surface area contributed by atoms with E-state index in [9.17, 15) is 9.50 Å². The maximum Gasteiger partial charge on any atom is 0.129 e. The minimum absolute atomic E-state index is 0.0559. The van der Waals surface area contributed by atoms with E-state index in [-0.39, 0.29) is 12.2 Å². The van der Waals surface area contributed by atoms with Crippen molar-refractivity contribution in [3.8, 4) is 0 Å². The second-order valence-electron chi connectivity index (χ2n) is 3.33. The fourth-order valence-electron chi connectivity index (χ4n) is 1.27. The number of aliphatic hydroxyl groups is 1. The second-order valence-corrected chi connectivity index (χ2v) is 4.25. The zero-order chi connectivity index (χ0) is 10.8. The van der Waals surface area contributed by atoms with Crippen LogP contribution >= 0.6 is 15.9 Å². The number of hydrogen-bond acceptors (Lipinski definition) is 2. The van der Waals surface area contributed by atoms with Gasteiger partial charge >= 0.3 is 0 Å². The van der Waals surface area contributed by atoms with Crippen molar-refractivity contribution in [3.63, 3.8) is 0 Å². The van der Waals surface area contributed by atoms with Crippen LogP contribution in [0, 0.1) is 5.82 Å². The van der Waals surface area contributed by atoms with Crippen LogP contribution in [0.4, 0.5) is 4.39 Å². The van der Waals surface area contributed by atoms with Gasteiger partial charge in [0.25, 0.3) is 0 Å². The fourth-order valence-corrected chi connectivity index (χ4v) is 1.63. The third kappa shape index (κ3) is 2.53. The summed E-state index contributed by atoms with van der Waals surface area (Å²) in [7, 11) is 1.46. The molecule has 0 heterocycles. The lowest BCUT2D eigenvalue weighted by molar-refractivity contribution is -0.0232. The van der Waals surface area contributed by atoms with Gasteiger partial charge in [0.2, 0.25) is 0 Å². The molecular formula is C10H12BrFO2. The number of ether oxygens (including phenoxy) is 1. The van der Waals surface area contributed by atoms with Gasteiger partial charge in [-0.25, -0.2) is 4.39 Å². The molecule has 0 bridgehead atoms. The number of methoxy groups -OCH3 is 1. The number of rotatable bonds is 3. The van der Waals surface area contributed by atoms with Crippen LogP contribution in [-0.4, -0.2) is 18.8 Å². The summed E-state index contributed by atoms with van der Waals surface area (Å²) >= 11 is 3.22. The highest BCUT2D eigenvalue weighted by Gasteiger charge is 2.26. The summed E-state index contributed by atoms with van der Waals surface area (Å²) in [6.45, 7) is 1.57. The molecule has 1 aromatic rings. The molecule has 1 N–H and O–H groups in total. The highest BCUT2D eigenvalue weighted by atomic mass is 79.9. The molecule has 4 heteroatoms. The van der Waals surface area contributed by atoms with Crippen molar-refractivity contribution in [3.05, 3.63) is 34.1 Å². The topological polar surface area (TPSA) is 29.5 Å². The van der Waals surface area contributed by atoms with Crippen LogP contribution in [0.1, 0.15) is 12.5 Å². The van der Waals surface area contributed by atoms with Gasteiger partial charge in [-0.1, -0.05) is 15.9 Å². The Kier molecular flexibility index (Phi) is 3.64. The van der Waals surface area contributed by atoms with Gasteiger partial charge in [0, 0.05) is 17.1 Å². The van der Waals surface area contributed by atoms with E-state index in [1.54, 1.807) is 12.1 Å². The van der Waals surface area contributed by atoms with Crippen LogP contribution < -0.4 is 0 Å². The van der Waals surface area contributed by atoms with E-state index >= 15 is 0 Å². The zero-order valence-electron chi connectivity index (χ0n) is 8.05. The smallest absolute Gasteiger partial charge is 0.129 e. The lowest BCUT2D eigenvalue weighted by Gasteiger charge is -2.23. The van der Waals surface area contributed by atoms with Crippen molar-refractivity contribution in [2.75, 3.05) is 13.7 Å². The Bertz CT molecular complexity index is 326. The van der Waals surface area contributed by atoms with E-state index in [4.69, 9.17) is 4.74 Å². The molecule has 0 saturated carbocycles. The van der Waals surface area contributed by atoms with Crippen LogP contribution in [0.15, 0.2) is 22.7 Å². The quantitative estimate of drug-likeness (QED) is 0.907. The van der Waals surface area contributed by atoms with Crippen LogP contribution in [0.3, 0.4) is 0 Å². The third-order valence-corrected chi connectivity index (χ3v) is 2.43. The van der Waals surface area contributed by atoms with Crippen molar-refractivity contribution in [1.29, 1.82) is 0 Å². The van der Waals surface area contributed by atoms with E-state index in [2.05, 4.69) is 15.9 Å². The predicted octanol–water partition coefficient (Wildman–Crippen LogP) is 2.44. The minimum atomic E-state index is -1.30. The summed E-state index contributed by atoms with van der Waals surface area (Å²) < 4.78 is 18.9. The molecule has 0 fully saturated rings. The Hall–Kier alpha value is -0.450. The summed E-state index contributed by atoms with van der Waals surface area (Å²) in [4.78, 5) is 0. The molecule has 1 unspecified atom stereocenters. The highest BCUT2D eigenvalue weighted by molar-refractivity contribution is 9.10. The van der Waals surface area contributed by atoms with E-state index < -0.39 is 11.4 Å². The molecule has 2 nitrogen and oxygen atoms in total. The highest BCUT2D eigenvalue weighted by Crippen LogP contribution is 2.26. The second kappa shape index (κ2) is 4.38. The van der Waals surface area contributed by atoms with Crippen molar-refractivity contribution >= 4 is 15.9 Å². The van der Waals surface area contributed by atoms with Crippen molar-refractivity contribution in [2.24, 2.45) is 0 Å². The standard InChI is InChI=1S/C10H12BrFO2/c1-10(13,6-14-2)8-5-7(11)3-4-9(8)12/h3-5,13H,6H2,1-2H3. The Balaban J connectivity index is 3.10. The van der Waals surface area contributed by atoms with Crippen LogP contribution in [0.5, 0.6) is 0 Å². The van der Waals surface area contributed by atoms with Gasteiger partial charge < -0.3 is 9.84 Å². The molecule has 1 atom stereocenters. The maximum absolute atomic E-state index is 13.4. The van der Waals surface area contributed by atoms with Crippen LogP contribution in [0.25, 0.3) is 0 Å². The number of benzene rings is 1. The molecule has 78 valence electrons. The molecular weight excluding hydrogens is 251 g/mol. The molecule has 1 rings (SSSR count). The van der Waals surface area contributed by atoms with Gasteiger partial charge in [0.1, 0.15) is 11.4 Å². The Morgan fingerprint density at radius 3 is 2.79 bits per heavy atom. The SMILES string of the molecule is COCC(C)(O)c1cc(Br)ccc1F. The van der Waals surface area contributed by atoms with Crippen LogP contribution in [-0.2, 0) is 10.3 Å². The fraction of sp³-hybridized carbons (Fsp3) is 0.400. The Morgan fingerprint density at radius 2 is 2.21 bits per heavy atom. The van der Waals surface area contributed by atoms with E-state index in [0.29, 0.717) is 0 Å². The largest absolute Gasteiger partial charge is 0.383 e.